The lowest BCUT2D eigenvalue weighted by Crippen LogP contribution is -2.34. The number of carbonyl (C=O) groups is 2. The molecule has 1 heterocycles. The topological polar surface area (TPSA) is 90.5 Å². The van der Waals surface area contributed by atoms with Gasteiger partial charge in [-0.1, -0.05) is 6.07 Å². The van der Waals surface area contributed by atoms with Gasteiger partial charge in [0.25, 0.3) is 11.8 Å². The van der Waals surface area contributed by atoms with Gasteiger partial charge < -0.3 is 21.1 Å². The quantitative estimate of drug-likeness (QED) is 0.623. The molecule has 8 heteroatoms. The molecule has 2 atom stereocenters. The first-order valence-electron chi connectivity index (χ1n) is 8.37. The van der Waals surface area contributed by atoms with Crippen molar-refractivity contribution in [3.05, 3.63) is 65.5 Å². The molecule has 1 saturated heterocycles. The number of amides is 2. The predicted octanol–water partition coefficient (Wildman–Crippen LogP) is 1.81. The molecule has 0 aromatic heterocycles. The van der Waals surface area contributed by atoms with Crippen LogP contribution >= 0.6 is 12.4 Å². The van der Waals surface area contributed by atoms with E-state index in [4.69, 9.17) is 0 Å². The number of aliphatic hydroxyl groups excluding tert-OH is 1. The summed E-state index contributed by atoms with van der Waals surface area (Å²) in [5, 5.41) is 18.3. The molecule has 6 nitrogen and oxygen atoms in total. The van der Waals surface area contributed by atoms with E-state index in [-0.39, 0.29) is 30.1 Å². The maximum Gasteiger partial charge on any atom is 0.255 e. The van der Waals surface area contributed by atoms with Crippen LogP contribution in [0.4, 0.5) is 10.1 Å². The first-order chi connectivity index (χ1) is 12.5. The van der Waals surface area contributed by atoms with Gasteiger partial charge in [-0.15, -0.1) is 12.4 Å². The van der Waals surface area contributed by atoms with Crippen molar-refractivity contribution in [1.29, 1.82) is 0 Å². The maximum atomic E-state index is 12.9. The minimum atomic E-state index is -0.461. The Bertz CT molecular complexity index is 801. The van der Waals surface area contributed by atoms with Crippen molar-refractivity contribution in [1.82, 2.24) is 10.6 Å². The summed E-state index contributed by atoms with van der Waals surface area (Å²) in [4.78, 5) is 24.5. The van der Waals surface area contributed by atoms with Crippen LogP contribution in [0.5, 0.6) is 0 Å². The standard InChI is InChI=1S/C19H20FN3O3.ClH/c20-15-6-4-12(5-7-15)19(26)23-16-3-1-2-13(8-16)18(25)22-10-14-9-21-11-17(14)24;/h1-8,14,17,21,24H,9-11H2,(H,22,25)(H,23,26);1H. The molecule has 4 N–H and O–H groups in total. The fourth-order valence-corrected chi connectivity index (χ4v) is 2.80. The number of benzene rings is 2. The number of rotatable bonds is 5. The normalized spacial score (nSPS) is 18.4. The summed E-state index contributed by atoms with van der Waals surface area (Å²) in [5.41, 5.74) is 1.20. The van der Waals surface area contributed by atoms with E-state index in [0.29, 0.717) is 36.4 Å². The Kier molecular flexibility index (Phi) is 7.29. The molecule has 0 radical (unpaired) electrons. The van der Waals surface area contributed by atoms with E-state index in [0.717, 1.165) is 0 Å². The van der Waals surface area contributed by atoms with Gasteiger partial charge in [-0.3, -0.25) is 9.59 Å². The van der Waals surface area contributed by atoms with Crippen LogP contribution in [-0.4, -0.2) is 42.7 Å². The van der Waals surface area contributed by atoms with Crippen molar-refractivity contribution in [2.45, 2.75) is 6.10 Å². The molecule has 2 amide bonds. The van der Waals surface area contributed by atoms with Crippen LogP contribution in [-0.2, 0) is 0 Å². The molecule has 0 spiro atoms. The lowest BCUT2D eigenvalue weighted by molar-refractivity contribution is 0.0926. The summed E-state index contributed by atoms with van der Waals surface area (Å²) in [6, 6.07) is 11.8. The van der Waals surface area contributed by atoms with E-state index in [1.807, 2.05) is 0 Å². The van der Waals surface area contributed by atoms with Crippen LogP contribution in [0.1, 0.15) is 20.7 Å². The van der Waals surface area contributed by atoms with Crippen molar-refractivity contribution >= 4 is 29.9 Å². The third kappa shape index (κ3) is 5.50. The number of nitrogens with one attached hydrogen (secondary N) is 3. The van der Waals surface area contributed by atoms with Crippen molar-refractivity contribution in [3.8, 4) is 0 Å². The number of hydrogen-bond donors (Lipinski definition) is 4. The Morgan fingerprint density at radius 2 is 1.81 bits per heavy atom. The molecule has 1 fully saturated rings. The molecular weight excluding hydrogens is 373 g/mol. The second kappa shape index (κ2) is 9.45. The summed E-state index contributed by atoms with van der Waals surface area (Å²) in [6.07, 6.45) is -0.461. The van der Waals surface area contributed by atoms with Crippen LogP contribution in [0.25, 0.3) is 0 Å². The molecule has 1 aliphatic rings. The summed E-state index contributed by atoms with van der Waals surface area (Å²) in [7, 11) is 0. The van der Waals surface area contributed by atoms with Crippen molar-refractivity contribution < 1.29 is 19.1 Å². The first-order valence-corrected chi connectivity index (χ1v) is 8.37. The predicted molar refractivity (Wildman–Crippen MR) is 103 cm³/mol. The maximum absolute atomic E-state index is 12.9. The number of aliphatic hydroxyl groups is 1. The Balaban J connectivity index is 0.00000261. The number of anilines is 1. The number of hydrogen-bond acceptors (Lipinski definition) is 4. The fourth-order valence-electron chi connectivity index (χ4n) is 2.80. The van der Waals surface area contributed by atoms with Crippen LogP contribution in [0.3, 0.4) is 0 Å². The lowest BCUT2D eigenvalue weighted by atomic mass is 10.1. The molecule has 3 rings (SSSR count). The average molecular weight is 394 g/mol. The molecule has 144 valence electrons. The van der Waals surface area contributed by atoms with E-state index in [9.17, 15) is 19.1 Å². The summed E-state index contributed by atoms with van der Waals surface area (Å²) in [5.74, 6) is -1.09. The Morgan fingerprint density at radius 3 is 2.48 bits per heavy atom. The van der Waals surface area contributed by atoms with Gasteiger partial charge in [0.1, 0.15) is 5.82 Å². The third-order valence-corrected chi connectivity index (χ3v) is 4.32. The molecule has 2 aromatic rings. The number of β-amino-alcohol motifs (C(OH)–C–C–N with tert-alkyl or cyclic N) is 1. The Hall–Kier alpha value is -2.48. The van der Waals surface area contributed by atoms with Gasteiger partial charge in [-0.25, -0.2) is 4.39 Å². The zero-order chi connectivity index (χ0) is 18.5. The van der Waals surface area contributed by atoms with Crippen molar-refractivity contribution in [3.63, 3.8) is 0 Å². The second-order valence-electron chi connectivity index (χ2n) is 6.24. The molecule has 27 heavy (non-hydrogen) atoms. The first kappa shape index (κ1) is 20.8. The molecular formula is C19H21ClFN3O3. The highest BCUT2D eigenvalue weighted by Crippen LogP contribution is 2.14. The van der Waals surface area contributed by atoms with Crippen LogP contribution in [0, 0.1) is 11.7 Å². The summed E-state index contributed by atoms with van der Waals surface area (Å²) in [6.45, 7) is 1.57. The fraction of sp³-hybridized carbons (Fsp3) is 0.263. The van der Waals surface area contributed by atoms with Crippen molar-refractivity contribution in [2.75, 3.05) is 25.0 Å². The molecule has 2 unspecified atom stereocenters. The van der Waals surface area contributed by atoms with E-state index in [2.05, 4.69) is 16.0 Å². The zero-order valence-electron chi connectivity index (χ0n) is 14.4. The number of carbonyl (C=O) groups excluding carboxylic acids is 2. The molecule has 0 aliphatic carbocycles. The SMILES string of the molecule is Cl.O=C(NCC1CNCC1O)c1cccc(NC(=O)c2ccc(F)cc2)c1. The van der Waals surface area contributed by atoms with E-state index in [1.165, 1.54) is 24.3 Å². The molecule has 2 aromatic carbocycles. The molecule has 1 aliphatic heterocycles. The zero-order valence-corrected chi connectivity index (χ0v) is 15.3. The molecule has 0 saturated carbocycles. The smallest absolute Gasteiger partial charge is 0.255 e. The monoisotopic (exact) mass is 393 g/mol. The largest absolute Gasteiger partial charge is 0.391 e. The Labute approximate surface area is 162 Å². The highest BCUT2D eigenvalue weighted by molar-refractivity contribution is 6.05. The lowest BCUT2D eigenvalue weighted by Gasteiger charge is -2.14. The van der Waals surface area contributed by atoms with Crippen LogP contribution in [0.15, 0.2) is 48.5 Å². The van der Waals surface area contributed by atoms with Crippen LogP contribution in [0.2, 0.25) is 0 Å². The molecule has 0 bridgehead atoms. The highest BCUT2D eigenvalue weighted by atomic mass is 35.5. The van der Waals surface area contributed by atoms with Gasteiger partial charge >= 0.3 is 0 Å². The summed E-state index contributed by atoms with van der Waals surface area (Å²) >= 11 is 0. The second-order valence-corrected chi connectivity index (χ2v) is 6.24. The van der Waals surface area contributed by atoms with E-state index in [1.54, 1.807) is 24.3 Å². The minimum Gasteiger partial charge on any atom is -0.391 e. The van der Waals surface area contributed by atoms with Gasteiger partial charge in [0.2, 0.25) is 0 Å². The number of halogens is 2. The van der Waals surface area contributed by atoms with E-state index < -0.39 is 11.9 Å². The summed E-state index contributed by atoms with van der Waals surface area (Å²) < 4.78 is 12.9. The van der Waals surface area contributed by atoms with Crippen molar-refractivity contribution in [2.24, 2.45) is 5.92 Å². The van der Waals surface area contributed by atoms with Gasteiger partial charge in [0, 0.05) is 42.4 Å². The van der Waals surface area contributed by atoms with Gasteiger partial charge in [0.15, 0.2) is 0 Å². The van der Waals surface area contributed by atoms with Gasteiger partial charge in [0.05, 0.1) is 6.10 Å². The van der Waals surface area contributed by atoms with Gasteiger partial charge in [-0.2, -0.15) is 0 Å². The Morgan fingerprint density at radius 1 is 1.07 bits per heavy atom. The van der Waals surface area contributed by atoms with E-state index >= 15 is 0 Å². The minimum absolute atomic E-state index is 0. The van der Waals surface area contributed by atoms with Crippen LogP contribution < -0.4 is 16.0 Å². The highest BCUT2D eigenvalue weighted by Gasteiger charge is 2.25. The van der Waals surface area contributed by atoms with Gasteiger partial charge in [-0.05, 0) is 42.5 Å². The average Bonchev–Trinajstić information content (AvgIpc) is 3.05. The third-order valence-electron chi connectivity index (χ3n) is 4.32.